The number of furan rings is 1. The monoisotopic (exact) mass is 360 g/mol. The van der Waals surface area contributed by atoms with Gasteiger partial charge in [-0.15, -0.1) is 5.10 Å². The second-order valence-electron chi connectivity index (χ2n) is 5.02. The number of nitrogens with zero attached hydrogens (tertiary/aromatic N) is 4. The number of carbonyl (C=O) groups is 1. The zero-order valence-corrected chi connectivity index (χ0v) is 14.5. The maximum Gasteiger partial charge on any atom is 0.374 e. The van der Waals surface area contributed by atoms with Crippen LogP contribution in [0.4, 0.5) is 0 Å². The molecule has 1 aromatic carbocycles. The van der Waals surface area contributed by atoms with Crippen molar-refractivity contribution in [1.29, 1.82) is 0 Å². The number of ether oxygens (including phenoxy) is 2. The molecule has 0 amide bonds. The molecule has 0 bridgehead atoms. The third-order valence-electron chi connectivity index (χ3n) is 3.46. The van der Waals surface area contributed by atoms with Gasteiger partial charge in [0.2, 0.25) is 10.9 Å². The van der Waals surface area contributed by atoms with Crippen LogP contribution in [0, 0.1) is 0 Å². The Kier molecular flexibility index (Phi) is 5.34. The number of thioether (sulfide) groups is 1. The average molecular weight is 360 g/mol. The summed E-state index contributed by atoms with van der Waals surface area (Å²) in [6, 6.07) is 9.43. The average Bonchev–Trinajstić information content (AvgIpc) is 3.29. The summed E-state index contributed by atoms with van der Waals surface area (Å²) in [6.07, 6.45) is 1.46. The van der Waals surface area contributed by atoms with Crippen LogP contribution in [0.15, 0.2) is 46.2 Å². The van der Waals surface area contributed by atoms with E-state index < -0.39 is 5.97 Å². The van der Waals surface area contributed by atoms with Crippen molar-refractivity contribution >= 4 is 17.7 Å². The molecule has 2 heterocycles. The van der Waals surface area contributed by atoms with Crippen LogP contribution in [-0.2, 0) is 17.0 Å². The highest BCUT2D eigenvalue weighted by molar-refractivity contribution is 7.98. The molecular weight excluding hydrogens is 344 g/mol. The van der Waals surface area contributed by atoms with Crippen LogP contribution in [0.2, 0.25) is 0 Å². The van der Waals surface area contributed by atoms with Gasteiger partial charge in [-0.05, 0) is 34.2 Å². The van der Waals surface area contributed by atoms with E-state index in [0.717, 1.165) is 16.9 Å². The highest BCUT2D eigenvalue weighted by Crippen LogP contribution is 2.24. The minimum Gasteiger partial charge on any atom is -0.497 e. The second kappa shape index (κ2) is 7.84. The van der Waals surface area contributed by atoms with E-state index in [0.29, 0.717) is 17.5 Å². The zero-order chi connectivity index (χ0) is 17.6. The van der Waals surface area contributed by atoms with Gasteiger partial charge in [0.15, 0.2) is 0 Å². The van der Waals surface area contributed by atoms with Crippen molar-refractivity contribution < 1.29 is 18.7 Å². The lowest BCUT2D eigenvalue weighted by Crippen LogP contribution is -2.05. The minimum absolute atomic E-state index is 0.198. The number of aromatic nitrogens is 4. The van der Waals surface area contributed by atoms with E-state index in [1.165, 1.54) is 25.1 Å². The number of esters is 1. The standard InChI is InChI=1S/C16H16N4O4S/c1-22-13-5-3-11(4-6-13)9-20-16(17-18-19-20)25-10-12-7-8-24-14(12)15(21)23-2/h3-8H,9-10H2,1-2H3. The quantitative estimate of drug-likeness (QED) is 0.468. The molecule has 0 spiro atoms. The molecular formula is C16H16N4O4S. The van der Waals surface area contributed by atoms with Gasteiger partial charge in [0.1, 0.15) is 5.75 Å². The summed E-state index contributed by atoms with van der Waals surface area (Å²) in [6.45, 7) is 0.536. The molecule has 0 atom stereocenters. The van der Waals surface area contributed by atoms with Gasteiger partial charge < -0.3 is 13.9 Å². The van der Waals surface area contributed by atoms with E-state index in [1.54, 1.807) is 17.9 Å². The Morgan fingerprint density at radius 2 is 2.04 bits per heavy atom. The van der Waals surface area contributed by atoms with Crippen LogP contribution in [0.5, 0.6) is 5.75 Å². The zero-order valence-electron chi connectivity index (χ0n) is 13.7. The third-order valence-corrected chi connectivity index (χ3v) is 4.47. The summed E-state index contributed by atoms with van der Waals surface area (Å²) in [5.41, 5.74) is 1.78. The maximum atomic E-state index is 11.6. The van der Waals surface area contributed by atoms with Gasteiger partial charge in [0.05, 0.1) is 27.0 Å². The lowest BCUT2D eigenvalue weighted by atomic mass is 10.2. The summed E-state index contributed by atoms with van der Waals surface area (Å²) in [4.78, 5) is 11.6. The summed E-state index contributed by atoms with van der Waals surface area (Å²) >= 11 is 1.41. The maximum absolute atomic E-state index is 11.6. The highest BCUT2D eigenvalue weighted by Gasteiger charge is 2.17. The number of hydrogen-bond acceptors (Lipinski definition) is 8. The molecule has 130 valence electrons. The van der Waals surface area contributed by atoms with Crippen LogP contribution in [0.25, 0.3) is 0 Å². The molecule has 9 heteroatoms. The molecule has 0 aliphatic rings. The Hall–Kier alpha value is -2.81. The number of tetrazole rings is 1. The summed E-state index contributed by atoms with van der Waals surface area (Å²) in [5, 5.41) is 12.4. The topological polar surface area (TPSA) is 92.3 Å². The lowest BCUT2D eigenvalue weighted by molar-refractivity contribution is 0.0564. The van der Waals surface area contributed by atoms with Crippen molar-refractivity contribution in [3.63, 3.8) is 0 Å². The fourth-order valence-electron chi connectivity index (χ4n) is 2.17. The molecule has 3 aromatic rings. The first-order chi connectivity index (χ1) is 12.2. The van der Waals surface area contributed by atoms with Gasteiger partial charge >= 0.3 is 5.97 Å². The molecule has 8 nitrogen and oxygen atoms in total. The molecule has 0 N–H and O–H groups in total. The van der Waals surface area contributed by atoms with Gasteiger partial charge in [0.25, 0.3) is 0 Å². The largest absolute Gasteiger partial charge is 0.497 e. The SMILES string of the molecule is COC(=O)c1occc1CSc1nnnn1Cc1ccc(OC)cc1. The van der Waals surface area contributed by atoms with Gasteiger partial charge in [-0.25, -0.2) is 9.48 Å². The lowest BCUT2D eigenvalue weighted by Gasteiger charge is -2.06. The van der Waals surface area contributed by atoms with Crippen LogP contribution >= 0.6 is 11.8 Å². The fourth-order valence-corrected chi connectivity index (χ4v) is 3.02. The first kappa shape index (κ1) is 17.0. The molecule has 3 rings (SSSR count). The number of methoxy groups -OCH3 is 2. The highest BCUT2D eigenvalue weighted by atomic mass is 32.2. The van der Waals surface area contributed by atoms with E-state index in [-0.39, 0.29) is 5.76 Å². The van der Waals surface area contributed by atoms with E-state index >= 15 is 0 Å². The van der Waals surface area contributed by atoms with E-state index in [4.69, 9.17) is 13.9 Å². The molecule has 0 fully saturated rings. The van der Waals surface area contributed by atoms with E-state index in [1.807, 2.05) is 24.3 Å². The first-order valence-corrected chi connectivity index (χ1v) is 8.36. The molecule has 0 saturated heterocycles. The van der Waals surface area contributed by atoms with Crippen LogP contribution < -0.4 is 4.74 Å². The molecule has 0 aliphatic carbocycles. The Labute approximate surface area is 148 Å². The Bertz CT molecular complexity index is 844. The minimum atomic E-state index is -0.501. The van der Waals surface area contributed by atoms with Crippen molar-refractivity contribution in [3.8, 4) is 5.75 Å². The number of carbonyl (C=O) groups excluding carboxylic acids is 1. The van der Waals surface area contributed by atoms with Gasteiger partial charge in [-0.1, -0.05) is 23.9 Å². The molecule has 0 unspecified atom stereocenters. The van der Waals surface area contributed by atoms with E-state index in [9.17, 15) is 4.79 Å². The molecule has 2 aromatic heterocycles. The normalized spacial score (nSPS) is 10.6. The van der Waals surface area contributed by atoms with Gasteiger partial charge in [-0.2, -0.15) is 0 Å². The number of hydrogen-bond donors (Lipinski definition) is 0. The second-order valence-corrected chi connectivity index (χ2v) is 5.96. The predicted molar refractivity (Wildman–Crippen MR) is 89.5 cm³/mol. The van der Waals surface area contributed by atoms with Crippen LogP contribution in [0.1, 0.15) is 21.7 Å². The van der Waals surface area contributed by atoms with Crippen molar-refractivity contribution in [2.75, 3.05) is 14.2 Å². The molecule has 0 aliphatic heterocycles. The molecule has 0 radical (unpaired) electrons. The number of rotatable bonds is 7. The Balaban J connectivity index is 1.68. The van der Waals surface area contributed by atoms with Crippen LogP contribution in [-0.4, -0.2) is 40.4 Å². The smallest absolute Gasteiger partial charge is 0.374 e. The number of benzene rings is 1. The van der Waals surface area contributed by atoms with E-state index in [2.05, 4.69) is 15.5 Å². The van der Waals surface area contributed by atoms with Crippen molar-refractivity contribution in [2.24, 2.45) is 0 Å². The predicted octanol–water partition coefficient (Wildman–Crippen LogP) is 2.40. The summed E-state index contributed by atoms with van der Waals surface area (Å²) in [5.74, 6) is 0.983. The van der Waals surface area contributed by atoms with Gasteiger partial charge in [-0.3, -0.25) is 0 Å². The fraction of sp³-hybridized carbons (Fsp3) is 0.250. The van der Waals surface area contributed by atoms with Gasteiger partial charge in [0, 0.05) is 11.3 Å². The molecule has 0 saturated carbocycles. The summed E-state index contributed by atoms with van der Waals surface area (Å²) in [7, 11) is 2.95. The third kappa shape index (κ3) is 4.00. The molecule has 25 heavy (non-hydrogen) atoms. The Morgan fingerprint density at radius 3 is 2.76 bits per heavy atom. The summed E-state index contributed by atoms with van der Waals surface area (Å²) < 4.78 is 16.7. The van der Waals surface area contributed by atoms with Crippen molar-refractivity contribution in [3.05, 3.63) is 53.5 Å². The van der Waals surface area contributed by atoms with Crippen LogP contribution in [0.3, 0.4) is 0 Å². The van der Waals surface area contributed by atoms with Crippen molar-refractivity contribution in [1.82, 2.24) is 20.2 Å². The first-order valence-electron chi connectivity index (χ1n) is 7.38. The van der Waals surface area contributed by atoms with Crippen molar-refractivity contribution in [2.45, 2.75) is 17.5 Å². The Morgan fingerprint density at radius 1 is 1.24 bits per heavy atom.